The second kappa shape index (κ2) is 12.3. The minimum absolute atomic E-state index is 0.0958. The number of amides is 2. The molecule has 1 aliphatic heterocycles. The van der Waals surface area contributed by atoms with Crippen LogP contribution in [0.5, 0.6) is 0 Å². The summed E-state index contributed by atoms with van der Waals surface area (Å²) in [6.45, 7) is 1.89. The van der Waals surface area contributed by atoms with Crippen molar-refractivity contribution < 1.29 is 19.4 Å². The van der Waals surface area contributed by atoms with Crippen LogP contribution in [-0.4, -0.2) is 27.7 Å². The van der Waals surface area contributed by atoms with Crippen molar-refractivity contribution in [3.8, 4) is 0 Å². The Hall–Kier alpha value is -4.88. The van der Waals surface area contributed by atoms with Crippen molar-refractivity contribution >= 4 is 101 Å². The molecule has 0 unspecified atom stereocenters. The van der Waals surface area contributed by atoms with Gasteiger partial charge in [-0.3, -0.25) is 34.7 Å². The number of halogens is 2. The zero-order valence-electron chi connectivity index (χ0n) is 24.8. The van der Waals surface area contributed by atoms with Crippen molar-refractivity contribution in [2.45, 2.75) is 25.4 Å². The maximum atomic E-state index is 14.6. The number of para-hydroxylation sites is 2. The van der Waals surface area contributed by atoms with Crippen molar-refractivity contribution in [2.24, 2.45) is 0 Å². The predicted octanol–water partition coefficient (Wildman–Crippen LogP) is 10.1. The van der Waals surface area contributed by atoms with Gasteiger partial charge in [-0.2, -0.15) is 0 Å². The molecule has 0 bridgehead atoms. The lowest BCUT2D eigenvalue weighted by Crippen LogP contribution is -2.47. The average Bonchev–Trinajstić information content (AvgIpc) is 3.60. The zero-order chi connectivity index (χ0) is 33.9. The number of thiophene rings is 2. The number of benzene rings is 4. The van der Waals surface area contributed by atoms with Crippen LogP contribution in [0.1, 0.15) is 44.3 Å². The van der Waals surface area contributed by atoms with E-state index in [4.69, 9.17) is 23.2 Å². The van der Waals surface area contributed by atoms with Gasteiger partial charge in [-0.05, 0) is 49.2 Å². The first-order valence-electron chi connectivity index (χ1n) is 14.6. The Labute approximate surface area is 290 Å². The van der Waals surface area contributed by atoms with E-state index in [0.717, 1.165) is 28.2 Å². The van der Waals surface area contributed by atoms with Crippen molar-refractivity contribution in [3.05, 3.63) is 137 Å². The Morgan fingerprint density at radius 3 is 1.94 bits per heavy atom. The van der Waals surface area contributed by atoms with Gasteiger partial charge in [0.15, 0.2) is 0 Å². The highest BCUT2D eigenvalue weighted by molar-refractivity contribution is 7.22. The summed E-state index contributed by atoms with van der Waals surface area (Å²) in [6.07, 6.45) is 0.353. The predicted molar refractivity (Wildman–Crippen MR) is 190 cm³/mol. The number of carbonyl (C=O) groups excluding carboxylic acids is 2. The minimum atomic E-state index is -0.522. The molecule has 10 nitrogen and oxygen atoms in total. The van der Waals surface area contributed by atoms with Crippen molar-refractivity contribution in [3.63, 3.8) is 0 Å². The normalized spacial score (nSPS) is 15.8. The number of nitro benzene ring substituents is 2. The van der Waals surface area contributed by atoms with Crippen molar-refractivity contribution in [1.82, 2.24) is 0 Å². The molecule has 0 spiro atoms. The lowest BCUT2D eigenvalue weighted by Gasteiger charge is -2.43. The van der Waals surface area contributed by atoms with Gasteiger partial charge in [0.2, 0.25) is 0 Å². The van der Waals surface area contributed by atoms with E-state index in [-0.39, 0.29) is 43.0 Å². The van der Waals surface area contributed by atoms with Crippen molar-refractivity contribution in [2.75, 3.05) is 9.80 Å². The van der Waals surface area contributed by atoms with E-state index in [2.05, 4.69) is 0 Å². The fourth-order valence-electron chi connectivity index (χ4n) is 6.19. The van der Waals surface area contributed by atoms with Gasteiger partial charge >= 0.3 is 0 Å². The fourth-order valence-corrected chi connectivity index (χ4v) is 9.16. The molecular formula is C34H22Cl2N4O6S2. The summed E-state index contributed by atoms with van der Waals surface area (Å²) in [6, 6.07) is 24.2. The van der Waals surface area contributed by atoms with Gasteiger partial charge in [-0.1, -0.05) is 59.6 Å². The summed E-state index contributed by atoms with van der Waals surface area (Å²) in [5, 5.41) is 24.3. The molecule has 2 atom stereocenters. The summed E-state index contributed by atoms with van der Waals surface area (Å²) < 4.78 is 1.05. The zero-order valence-corrected chi connectivity index (χ0v) is 28.0. The molecule has 3 heterocycles. The van der Waals surface area contributed by atoms with Gasteiger partial charge in [0, 0.05) is 61.9 Å². The molecular weight excluding hydrogens is 695 g/mol. The summed E-state index contributed by atoms with van der Waals surface area (Å²) in [5.74, 6) is -0.732. The molecule has 6 aromatic rings. The molecule has 1 aliphatic rings. The lowest BCUT2D eigenvalue weighted by atomic mass is 9.89. The molecule has 48 heavy (non-hydrogen) atoms. The number of non-ortho nitro benzene ring substituents is 2. The van der Waals surface area contributed by atoms with E-state index >= 15 is 0 Å². The lowest BCUT2D eigenvalue weighted by molar-refractivity contribution is -0.384. The van der Waals surface area contributed by atoms with Gasteiger partial charge in [-0.15, -0.1) is 22.7 Å². The summed E-state index contributed by atoms with van der Waals surface area (Å²) >= 11 is 15.7. The molecule has 0 fully saturated rings. The second-order valence-electron chi connectivity index (χ2n) is 11.2. The molecule has 0 saturated carbocycles. The highest BCUT2D eigenvalue weighted by atomic mass is 35.5. The number of hydrogen-bond acceptors (Lipinski definition) is 8. The molecule has 0 saturated heterocycles. The largest absolute Gasteiger partial charge is 0.304 e. The number of nitro groups is 2. The van der Waals surface area contributed by atoms with Crippen LogP contribution in [0.15, 0.2) is 91.0 Å². The molecule has 7 rings (SSSR count). The van der Waals surface area contributed by atoms with E-state index < -0.39 is 21.9 Å². The molecule has 14 heteroatoms. The Balaban J connectivity index is 1.32. The first kappa shape index (κ1) is 31.7. The fraction of sp³-hybridized carbons (Fsp3) is 0.118. The molecule has 2 aromatic heterocycles. The third-order valence-electron chi connectivity index (χ3n) is 8.38. The SMILES string of the molecule is C[C@@H]1C[C@@H](N(C(=O)c2sc3cc([N+](=O)[O-])ccc3c2Cl)c2ccccc2)c2ccccc2N1C(=O)c1sc2cc([N+](=O)[O-])ccc2c1Cl. The standard InChI is InChI=1S/C34H22Cl2N4O6S2/c1-18-15-26(38(19-7-3-2-4-8-19)34(42)32-30(36)24-14-12-21(40(45)46)17-28(24)48-32)22-9-5-6-10-25(22)37(18)33(41)31-29(35)23-13-11-20(39(43)44)16-27(23)47-31/h2-14,16-18,26H,15H2,1H3/t18-,26-/m1/s1. The molecule has 240 valence electrons. The van der Waals surface area contributed by atoms with Crippen LogP contribution in [0, 0.1) is 20.2 Å². The van der Waals surface area contributed by atoms with E-state index in [1.165, 1.54) is 24.3 Å². The minimum Gasteiger partial charge on any atom is -0.304 e. The molecule has 0 aliphatic carbocycles. The summed E-state index contributed by atoms with van der Waals surface area (Å²) in [7, 11) is 0. The van der Waals surface area contributed by atoms with Crippen LogP contribution in [0.4, 0.5) is 22.7 Å². The van der Waals surface area contributed by atoms with Gasteiger partial charge in [0.1, 0.15) is 9.75 Å². The first-order chi connectivity index (χ1) is 23.0. The number of fused-ring (bicyclic) bond motifs is 3. The topological polar surface area (TPSA) is 127 Å². The Kier molecular flexibility index (Phi) is 8.12. The summed E-state index contributed by atoms with van der Waals surface area (Å²) in [4.78, 5) is 54.5. The third kappa shape index (κ3) is 5.27. The Morgan fingerprint density at radius 1 is 0.792 bits per heavy atom. The van der Waals surface area contributed by atoms with Crippen molar-refractivity contribution in [1.29, 1.82) is 0 Å². The maximum absolute atomic E-state index is 14.6. The van der Waals surface area contributed by atoms with Crippen LogP contribution in [-0.2, 0) is 0 Å². The second-order valence-corrected chi connectivity index (χ2v) is 14.1. The molecule has 4 aromatic carbocycles. The Bertz CT molecular complexity index is 2310. The number of nitrogens with zero attached hydrogens (tertiary/aromatic N) is 4. The number of carbonyl (C=O) groups is 2. The van der Waals surface area contributed by atoms with Crippen LogP contribution < -0.4 is 9.80 Å². The third-order valence-corrected chi connectivity index (χ3v) is 11.7. The van der Waals surface area contributed by atoms with Gasteiger partial charge < -0.3 is 4.90 Å². The van der Waals surface area contributed by atoms with Crippen LogP contribution in [0.3, 0.4) is 0 Å². The maximum Gasteiger partial charge on any atom is 0.270 e. The number of hydrogen-bond donors (Lipinski definition) is 0. The van der Waals surface area contributed by atoms with E-state index in [1.807, 2.05) is 61.5 Å². The Morgan fingerprint density at radius 2 is 1.33 bits per heavy atom. The summed E-state index contributed by atoms with van der Waals surface area (Å²) in [5.41, 5.74) is 1.74. The monoisotopic (exact) mass is 716 g/mol. The molecule has 0 radical (unpaired) electrons. The van der Waals surface area contributed by atoms with Crippen LogP contribution in [0.2, 0.25) is 10.0 Å². The quantitative estimate of drug-likeness (QED) is 0.125. The van der Waals surface area contributed by atoms with E-state index in [1.54, 1.807) is 21.9 Å². The van der Waals surface area contributed by atoms with Gasteiger partial charge in [0.05, 0.1) is 25.9 Å². The molecule has 0 N–H and O–H groups in total. The first-order valence-corrected chi connectivity index (χ1v) is 17.0. The average molecular weight is 718 g/mol. The van der Waals surface area contributed by atoms with E-state index in [0.29, 0.717) is 38.0 Å². The van der Waals surface area contributed by atoms with Crippen LogP contribution >= 0.6 is 45.9 Å². The smallest absolute Gasteiger partial charge is 0.270 e. The highest BCUT2D eigenvalue weighted by Gasteiger charge is 2.41. The highest BCUT2D eigenvalue weighted by Crippen LogP contribution is 2.47. The number of anilines is 2. The van der Waals surface area contributed by atoms with Gasteiger partial charge in [-0.25, -0.2) is 0 Å². The number of rotatable bonds is 6. The van der Waals surface area contributed by atoms with Gasteiger partial charge in [0.25, 0.3) is 23.2 Å². The van der Waals surface area contributed by atoms with Crippen LogP contribution in [0.25, 0.3) is 20.2 Å². The van der Waals surface area contributed by atoms with E-state index in [9.17, 15) is 29.8 Å². The molecule has 2 amide bonds.